The number of carbonyl (C=O) groups excluding carboxylic acids is 1. The fraction of sp³-hybridized carbons (Fsp3) is 0.182. The van der Waals surface area contributed by atoms with Crippen LogP contribution >= 0.6 is 0 Å². The van der Waals surface area contributed by atoms with Crippen molar-refractivity contribution < 1.29 is 14.3 Å². The molecule has 6 heteroatoms. The molecule has 6 nitrogen and oxygen atoms in total. The van der Waals surface area contributed by atoms with E-state index in [0.29, 0.717) is 29.4 Å². The van der Waals surface area contributed by atoms with E-state index in [0.717, 1.165) is 16.8 Å². The molecule has 0 aliphatic heterocycles. The lowest BCUT2D eigenvalue weighted by Crippen LogP contribution is -2.23. The number of pyridine rings is 1. The zero-order chi connectivity index (χ0) is 19.9. The predicted octanol–water partition coefficient (Wildman–Crippen LogP) is 4.08. The van der Waals surface area contributed by atoms with Crippen LogP contribution in [-0.4, -0.2) is 25.1 Å². The summed E-state index contributed by atoms with van der Waals surface area (Å²) < 4.78 is 10.5. The van der Waals surface area contributed by atoms with Gasteiger partial charge in [0.15, 0.2) is 11.5 Å². The van der Waals surface area contributed by atoms with E-state index in [1.54, 1.807) is 32.5 Å². The largest absolute Gasteiger partial charge is 0.493 e. The number of hydrogen-bond donors (Lipinski definition) is 2. The summed E-state index contributed by atoms with van der Waals surface area (Å²) >= 11 is 0. The van der Waals surface area contributed by atoms with Gasteiger partial charge in [0.25, 0.3) is 5.91 Å². The number of anilines is 2. The number of aryl methyl sites for hydroxylation is 1. The summed E-state index contributed by atoms with van der Waals surface area (Å²) in [6.45, 7) is 2.39. The smallest absolute Gasteiger partial charge is 0.251 e. The summed E-state index contributed by atoms with van der Waals surface area (Å²) in [4.78, 5) is 16.8. The van der Waals surface area contributed by atoms with Crippen LogP contribution in [0, 0.1) is 6.92 Å². The Morgan fingerprint density at radius 2 is 1.79 bits per heavy atom. The van der Waals surface area contributed by atoms with Gasteiger partial charge in [-0.25, -0.2) is 4.98 Å². The van der Waals surface area contributed by atoms with E-state index < -0.39 is 0 Å². The topological polar surface area (TPSA) is 72.5 Å². The van der Waals surface area contributed by atoms with E-state index >= 15 is 0 Å². The summed E-state index contributed by atoms with van der Waals surface area (Å²) in [5, 5.41) is 6.16. The maximum atomic E-state index is 12.5. The van der Waals surface area contributed by atoms with Gasteiger partial charge in [-0.3, -0.25) is 4.79 Å². The maximum Gasteiger partial charge on any atom is 0.251 e. The second kappa shape index (κ2) is 8.90. The number of hydrogen-bond acceptors (Lipinski definition) is 5. The quantitative estimate of drug-likeness (QED) is 0.649. The number of benzene rings is 2. The van der Waals surface area contributed by atoms with E-state index in [1.807, 2.05) is 49.4 Å². The maximum absolute atomic E-state index is 12.5. The zero-order valence-electron chi connectivity index (χ0n) is 16.2. The van der Waals surface area contributed by atoms with Crippen molar-refractivity contribution in [3.05, 3.63) is 77.5 Å². The molecule has 3 rings (SSSR count). The molecule has 0 spiro atoms. The van der Waals surface area contributed by atoms with Gasteiger partial charge in [0.1, 0.15) is 5.82 Å². The van der Waals surface area contributed by atoms with Crippen LogP contribution in [0.25, 0.3) is 0 Å². The van der Waals surface area contributed by atoms with Crippen molar-refractivity contribution in [2.75, 3.05) is 19.5 Å². The second-order valence-electron chi connectivity index (χ2n) is 6.24. The van der Waals surface area contributed by atoms with Crippen molar-refractivity contribution in [2.24, 2.45) is 0 Å². The highest BCUT2D eigenvalue weighted by molar-refractivity contribution is 5.94. The Kier molecular flexibility index (Phi) is 6.11. The van der Waals surface area contributed by atoms with Gasteiger partial charge in [-0.15, -0.1) is 0 Å². The third kappa shape index (κ3) is 4.59. The Hall–Kier alpha value is -3.54. The molecule has 2 N–H and O–H groups in total. The lowest BCUT2D eigenvalue weighted by Gasteiger charge is -2.11. The first-order valence-corrected chi connectivity index (χ1v) is 8.88. The first-order chi connectivity index (χ1) is 13.6. The minimum atomic E-state index is -0.176. The highest BCUT2D eigenvalue weighted by Gasteiger charge is 2.09. The van der Waals surface area contributed by atoms with Gasteiger partial charge >= 0.3 is 0 Å². The number of para-hydroxylation sites is 1. The van der Waals surface area contributed by atoms with Crippen LogP contribution in [0.1, 0.15) is 21.5 Å². The standard InChI is InChI=1S/C22H23N3O3/c1-15-6-4-5-7-18(15)25-21-13-17(10-11-23-21)22(26)24-14-16-8-9-19(27-2)20(12-16)28-3/h4-13H,14H2,1-3H3,(H,23,25)(H,24,26). The molecule has 0 aliphatic carbocycles. The molecule has 0 unspecified atom stereocenters. The van der Waals surface area contributed by atoms with Crippen molar-refractivity contribution in [1.82, 2.24) is 10.3 Å². The average Bonchev–Trinajstić information content (AvgIpc) is 2.73. The Labute approximate surface area is 164 Å². The molecule has 1 aromatic heterocycles. The van der Waals surface area contributed by atoms with Crippen molar-refractivity contribution >= 4 is 17.4 Å². The number of carbonyl (C=O) groups is 1. The van der Waals surface area contributed by atoms with E-state index in [9.17, 15) is 4.79 Å². The van der Waals surface area contributed by atoms with E-state index in [-0.39, 0.29) is 5.91 Å². The second-order valence-corrected chi connectivity index (χ2v) is 6.24. The summed E-state index contributed by atoms with van der Waals surface area (Å²) in [7, 11) is 3.17. The number of rotatable bonds is 7. The van der Waals surface area contributed by atoms with Crippen LogP contribution in [0.4, 0.5) is 11.5 Å². The summed E-state index contributed by atoms with van der Waals surface area (Å²) in [6.07, 6.45) is 1.62. The summed E-state index contributed by atoms with van der Waals surface area (Å²) in [5.74, 6) is 1.72. The molecule has 0 atom stereocenters. The van der Waals surface area contributed by atoms with E-state index in [1.165, 1.54) is 0 Å². The highest BCUT2D eigenvalue weighted by atomic mass is 16.5. The van der Waals surface area contributed by atoms with E-state index in [4.69, 9.17) is 9.47 Å². The molecule has 3 aromatic rings. The van der Waals surface area contributed by atoms with Crippen molar-refractivity contribution in [3.8, 4) is 11.5 Å². The van der Waals surface area contributed by atoms with Crippen LogP contribution in [-0.2, 0) is 6.54 Å². The molecule has 0 bridgehead atoms. The Balaban J connectivity index is 1.67. The van der Waals surface area contributed by atoms with Gasteiger partial charge in [-0.1, -0.05) is 24.3 Å². The number of ether oxygens (including phenoxy) is 2. The highest BCUT2D eigenvalue weighted by Crippen LogP contribution is 2.27. The van der Waals surface area contributed by atoms with Gasteiger partial charge in [-0.05, 0) is 48.4 Å². The summed E-state index contributed by atoms with van der Waals surface area (Å²) in [6, 6.07) is 16.9. The first kappa shape index (κ1) is 19.2. The summed E-state index contributed by atoms with van der Waals surface area (Å²) in [5.41, 5.74) is 3.51. The van der Waals surface area contributed by atoms with Crippen LogP contribution in [0.3, 0.4) is 0 Å². The van der Waals surface area contributed by atoms with Gasteiger partial charge in [0.2, 0.25) is 0 Å². The van der Waals surface area contributed by atoms with Gasteiger partial charge in [-0.2, -0.15) is 0 Å². The molecule has 0 aliphatic rings. The van der Waals surface area contributed by atoms with Gasteiger partial charge in [0, 0.05) is 24.0 Å². The molecule has 1 heterocycles. The molecular formula is C22H23N3O3. The SMILES string of the molecule is COc1ccc(CNC(=O)c2ccnc(Nc3ccccc3C)c2)cc1OC. The van der Waals surface area contributed by atoms with Gasteiger partial charge in [0.05, 0.1) is 14.2 Å². The molecule has 0 fully saturated rings. The normalized spacial score (nSPS) is 10.2. The minimum Gasteiger partial charge on any atom is -0.493 e. The fourth-order valence-corrected chi connectivity index (χ4v) is 2.77. The van der Waals surface area contributed by atoms with Crippen molar-refractivity contribution in [3.63, 3.8) is 0 Å². The zero-order valence-corrected chi connectivity index (χ0v) is 16.2. The van der Waals surface area contributed by atoms with Crippen LogP contribution in [0.5, 0.6) is 11.5 Å². The molecule has 28 heavy (non-hydrogen) atoms. The number of amides is 1. The molecule has 0 saturated heterocycles. The monoisotopic (exact) mass is 377 g/mol. The number of nitrogens with one attached hydrogen (secondary N) is 2. The predicted molar refractivity (Wildman–Crippen MR) is 109 cm³/mol. The lowest BCUT2D eigenvalue weighted by molar-refractivity contribution is 0.0951. The minimum absolute atomic E-state index is 0.176. The Morgan fingerprint density at radius 3 is 2.54 bits per heavy atom. The molecule has 0 saturated carbocycles. The molecule has 1 amide bonds. The van der Waals surface area contributed by atoms with Crippen molar-refractivity contribution in [2.45, 2.75) is 13.5 Å². The van der Waals surface area contributed by atoms with Crippen LogP contribution in [0.2, 0.25) is 0 Å². The van der Waals surface area contributed by atoms with Crippen LogP contribution in [0.15, 0.2) is 60.8 Å². The fourth-order valence-electron chi connectivity index (χ4n) is 2.77. The molecule has 0 radical (unpaired) electrons. The molecule has 2 aromatic carbocycles. The van der Waals surface area contributed by atoms with Crippen molar-refractivity contribution in [1.29, 1.82) is 0 Å². The number of nitrogens with zero attached hydrogens (tertiary/aromatic N) is 1. The van der Waals surface area contributed by atoms with Crippen LogP contribution < -0.4 is 20.1 Å². The lowest BCUT2D eigenvalue weighted by atomic mass is 10.2. The first-order valence-electron chi connectivity index (χ1n) is 8.88. The Morgan fingerprint density at radius 1 is 1.00 bits per heavy atom. The van der Waals surface area contributed by atoms with Gasteiger partial charge < -0.3 is 20.1 Å². The Bertz CT molecular complexity index is 973. The number of methoxy groups -OCH3 is 2. The average molecular weight is 377 g/mol. The molecular weight excluding hydrogens is 354 g/mol. The third-order valence-electron chi connectivity index (χ3n) is 4.33. The van der Waals surface area contributed by atoms with E-state index in [2.05, 4.69) is 15.6 Å². The third-order valence-corrected chi connectivity index (χ3v) is 4.33. The number of aromatic nitrogens is 1. The molecule has 144 valence electrons.